The Hall–Kier alpha value is -2.84. The Balaban J connectivity index is 1.78. The average Bonchev–Trinajstić information content (AvgIpc) is 3.46. The number of benzene rings is 1. The Morgan fingerprint density at radius 3 is 2.87 bits per heavy atom. The number of aromatic nitrogens is 1. The van der Waals surface area contributed by atoms with Crippen LogP contribution in [0.25, 0.3) is 10.6 Å². The minimum absolute atomic E-state index is 0.0940. The highest BCUT2D eigenvalue weighted by molar-refractivity contribution is 7.15. The molecule has 1 atom stereocenters. The van der Waals surface area contributed by atoms with Gasteiger partial charge in [0.25, 0.3) is 5.91 Å². The van der Waals surface area contributed by atoms with Crippen LogP contribution in [-0.4, -0.2) is 36.8 Å². The summed E-state index contributed by atoms with van der Waals surface area (Å²) < 4.78 is 11.6. The number of hydrogen-bond acceptors (Lipinski definition) is 7. The fraction of sp³-hybridized carbons (Fsp3) is 0.391. The zero-order chi connectivity index (χ0) is 22.2. The molecule has 0 unspecified atom stereocenters. The van der Waals surface area contributed by atoms with Gasteiger partial charge in [-0.1, -0.05) is 6.92 Å². The van der Waals surface area contributed by atoms with E-state index in [0.717, 1.165) is 36.4 Å². The van der Waals surface area contributed by atoms with Gasteiger partial charge in [-0.2, -0.15) is 0 Å². The SMILES string of the molecule is CCc1cnc(-c2cc(OC[C@H]3CCCO3)cc(C(=O)NC/C(N)=C/C=C(/C)N)c2)s1. The van der Waals surface area contributed by atoms with Gasteiger partial charge in [-0.3, -0.25) is 4.79 Å². The molecule has 1 aliphatic heterocycles. The number of nitrogens with two attached hydrogens (primary N) is 2. The van der Waals surface area contributed by atoms with E-state index in [9.17, 15) is 4.79 Å². The highest BCUT2D eigenvalue weighted by atomic mass is 32.1. The fourth-order valence-electron chi connectivity index (χ4n) is 3.09. The molecule has 166 valence electrons. The molecule has 0 radical (unpaired) electrons. The van der Waals surface area contributed by atoms with Gasteiger partial charge in [0.2, 0.25) is 0 Å². The standard InChI is InChI=1S/C23H30N4O3S/c1-3-21-13-27-23(31-21)17-9-16(22(28)26-12-18(25)7-6-15(2)24)10-20(11-17)30-14-19-5-4-8-29-19/h6-7,9-11,13,19H,3-5,8,12,14,24-25H2,1-2H3,(H,26,28)/b15-6-,18-7-/t19-/m1/s1. The average molecular weight is 443 g/mol. The molecule has 31 heavy (non-hydrogen) atoms. The number of hydrogen-bond donors (Lipinski definition) is 3. The molecule has 0 spiro atoms. The molecule has 1 saturated heterocycles. The van der Waals surface area contributed by atoms with Crippen molar-refractivity contribution in [3.8, 4) is 16.3 Å². The third-order valence-electron chi connectivity index (χ3n) is 4.79. The van der Waals surface area contributed by atoms with Crippen molar-refractivity contribution in [3.63, 3.8) is 0 Å². The number of thiazole rings is 1. The third-order valence-corrected chi connectivity index (χ3v) is 5.98. The predicted octanol–water partition coefficient (Wildman–Crippen LogP) is 3.37. The number of ether oxygens (including phenoxy) is 2. The Kier molecular flexibility index (Phi) is 8.08. The molecule has 1 aromatic carbocycles. The lowest BCUT2D eigenvalue weighted by molar-refractivity contribution is 0.0679. The lowest BCUT2D eigenvalue weighted by atomic mass is 10.1. The highest BCUT2D eigenvalue weighted by Gasteiger charge is 2.18. The maximum absolute atomic E-state index is 12.8. The number of carbonyl (C=O) groups is 1. The first-order valence-corrected chi connectivity index (χ1v) is 11.3. The summed E-state index contributed by atoms with van der Waals surface area (Å²) in [5.74, 6) is 0.387. The molecular formula is C23H30N4O3S. The number of nitrogens with zero attached hydrogens (tertiary/aromatic N) is 1. The van der Waals surface area contributed by atoms with Crippen LogP contribution in [0.5, 0.6) is 5.75 Å². The molecule has 8 heteroatoms. The van der Waals surface area contributed by atoms with Crippen molar-refractivity contribution in [1.29, 1.82) is 0 Å². The summed E-state index contributed by atoms with van der Waals surface area (Å²) in [6.07, 6.45) is 8.31. The summed E-state index contributed by atoms with van der Waals surface area (Å²) in [6, 6.07) is 5.50. The van der Waals surface area contributed by atoms with E-state index in [1.54, 1.807) is 36.5 Å². The van der Waals surface area contributed by atoms with E-state index in [-0.39, 0.29) is 18.6 Å². The van der Waals surface area contributed by atoms with Crippen LogP contribution in [0, 0.1) is 0 Å². The second-order valence-corrected chi connectivity index (χ2v) is 8.63. The predicted molar refractivity (Wildman–Crippen MR) is 124 cm³/mol. The van der Waals surface area contributed by atoms with E-state index in [0.29, 0.717) is 29.3 Å². The molecule has 0 bridgehead atoms. The Bertz CT molecular complexity index is 957. The molecular weight excluding hydrogens is 412 g/mol. The lowest BCUT2D eigenvalue weighted by Gasteiger charge is -2.14. The Labute approximate surface area is 187 Å². The van der Waals surface area contributed by atoms with Gasteiger partial charge in [-0.25, -0.2) is 4.98 Å². The second kappa shape index (κ2) is 11.0. The van der Waals surface area contributed by atoms with E-state index in [1.165, 1.54) is 4.88 Å². The van der Waals surface area contributed by atoms with Crippen molar-refractivity contribution in [1.82, 2.24) is 10.3 Å². The molecule has 2 aromatic rings. The minimum Gasteiger partial charge on any atom is -0.491 e. The van der Waals surface area contributed by atoms with Crippen molar-refractivity contribution in [2.75, 3.05) is 19.8 Å². The van der Waals surface area contributed by atoms with Crippen LogP contribution in [0.3, 0.4) is 0 Å². The van der Waals surface area contributed by atoms with Crippen molar-refractivity contribution in [2.45, 2.75) is 39.2 Å². The van der Waals surface area contributed by atoms with Crippen LogP contribution in [-0.2, 0) is 11.2 Å². The van der Waals surface area contributed by atoms with E-state index in [1.807, 2.05) is 18.3 Å². The van der Waals surface area contributed by atoms with Crippen LogP contribution in [0.1, 0.15) is 41.9 Å². The van der Waals surface area contributed by atoms with Crippen LogP contribution >= 0.6 is 11.3 Å². The first-order chi connectivity index (χ1) is 14.9. The normalized spacial score (nSPS) is 17.0. The van der Waals surface area contributed by atoms with Crippen LogP contribution in [0.15, 0.2) is 47.9 Å². The molecule has 3 rings (SSSR count). The molecule has 0 aliphatic carbocycles. The lowest BCUT2D eigenvalue weighted by Crippen LogP contribution is -2.28. The molecule has 5 N–H and O–H groups in total. The van der Waals surface area contributed by atoms with Crippen LogP contribution in [0.2, 0.25) is 0 Å². The Morgan fingerprint density at radius 1 is 1.35 bits per heavy atom. The number of allylic oxidation sites excluding steroid dienone is 3. The van der Waals surface area contributed by atoms with Crippen molar-refractivity contribution in [3.05, 3.63) is 58.4 Å². The number of carbonyl (C=O) groups excluding carboxylic acids is 1. The summed E-state index contributed by atoms with van der Waals surface area (Å²) in [5, 5.41) is 3.70. The third kappa shape index (κ3) is 6.83. The van der Waals surface area contributed by atoms with Crippen molar-refractivity contribution >= 4 is 17.2 Å². The highest BCUT2D eigenvalue weighted by Crippen LogP contribution is 2.30. The number of aryl methyl sites for hydroxylation is 1. The van der Waals surface area contributed by atoms with E-state index in [2.05, 4.69) is 17.2 Å². The first kappa shape index (κ1) is 22.8. The number of nitrogens with one attached hydrogen (secondary N) is 1. The number of amides is 1. The van der Waals surface area contributed by atoms with Crippen LogP contribution in [0.4, 0.5) is 0 Å². The van der Waals surface area contributed by atoms with E-state index < -0.39 is 0 Å². The van der Waals surface area contributed by atoms with Gasteiger partial charge >= 0.3 is 0 Å². The Morgan fingerprint density at radius 2 is 2.19 bits per heavy atom. The van der Waals surface area contributed by atoms with E-state index in [4.69, 9.17) is 20.9 Å². The van der Waals surface area contributed by atoms with Gasteiger partial charge in [0.05, 0.1) is 12.6 Å². The summed E-state index contributed by atoms with van der Waals surface area (Å²) in [5.41, 5.74) is 14.0. The molecule has 1 amide bonds. The van der Waals surface area contributed by atoms with Gasteiger partial charge in [0.1, 0.15) is 17.4 Å². The second-order valence-electron chi connectivity index (χ2n) is 7.51. The fourth-order valence-corrected chi connectivity index (χ4v) is 3.93. The first-order valence-electron chi connectivity index (χ1n) is 10.5. The summed E-state index contributed by atoms with van der Waals surface area (Å²) in [7, 11) is 0. The van der Waals surface area contributed by atoms with Gasteiger partial charge in [0.15, 0.2) is 0 Å². The molecule has 1 aliphatic rings. The van der Waals surface area contributed by atoms with Gasteiger partial charge in [0, 0.05) is 40.2 Å². The molecule has 2 heterocycles. The largest absolute Gasteiger partial charge is 0.491 e. The zero-order valence-electron chi connectivity index (χ0n) is 18.0. The maximum atomic E-state index is 12.8. The van der Waals surface area contributed by atoms with Gasteiger partial charge in [-0.15, -0.1) is 11.3 Å². The summed E-state index contributed by atoms with van der Waals surface area (Å²) in [4.78, 5) is 18.5. The molecule has 7 nitrogen and oxygen atoms in total. The van der Waals surface area contributed by atoms with E-state index >= 15 is 0 Å². The van der Waals surface area contributed by atoms with Crippen molar-refractivity contribution in [2.24, 2.45) is 11.5 Å². The molecule has 1 aromatic heterocycles. The number of rotatable bonds is 9. The monoisotopic (exact) mass is 442 g/mol. The zero-order valence-corrected chi connectivity index (χ0v) is 18.8. The maximum Gasteiger partial charge on any atom is 0.251 e. The summed E-state index contributed by atoms with van der Waals surface area (Å²) >= 11 is 1.62. The minimum atomic E-state index is -0.235. The van der Waals surface area contributed by atoms with Crippen molar-refractivity contribution < 1.29 is 14.3 Å². The molecule has 1 fully saturated rings. The van der Waals surface area contributed by atoms with Gasteiger partial charge < -0.3 is 26.3 Å². The van der Waals surface area contributed by atoms with Gasteiger partial charge in [-0.05, 0) is 56.5 Å². The quantitative estimate of drug-likeness (QED) is 0.513. The van der Waals surface area contributed by atoms with Crippen LogP contribution < -0.4 is 21.5 Å². The smallest absolute Gasteiger partial charge is 0.251 e. The topological polar surface area (TPSA) is 112 Å². The molecule has 0 saturated carbocycles. The summed E-state index contributed by atoms with van der Waals surface area (Å²) in [6.45, 7) is 5.32.